The van der Waals surface area contributed by atoms with Crippen LogP contribution < -0.4 is 20.1 Å². The molecule has 0 fully saturated rings. The van der Waals surface area contributed by atoms with Gasteiger partial charge in [0.1, 0.15) is 5.82 Å². The monoisotopic (exact) mass is 354 g/mol. The van der Waals surface area contributed by atoms with E-state index < -0.39 is 5.82 Å². The van der Waals surface area contributed by atoms with E-state index in [0.717, 1.165) is 5.69 Å². The van der Waals surface area contributed by atoms with Crippen molar-refractivity contribution in [3.05, 3.63) is 29.7 Å². The SMILES string of the molecule is CNc1cc(C)nc(Nc2cc(OCCCCl)c(OC)cc2F)n1. The predicted octanol–water partition coefficient (Wildman–Crippen LogP) is 3.73. The maximum atomic E-state index is 14.3. The average molecular weight is 355 g/mol. The Morgan fingerprint density at radius 1 is 1.21 bits per heavy atom. The zero-order valence-corrected chi connectivity index (χ0v) is 14.6. The third-order valence-electron chi connectivity index (χ3n) is 3.15. The molecule has 1 aromatic heterocycles. The molecule has 0 aliphatic rings. The molecule has 1 aromatic carbocycles. The standard InChI is InChI=1S/C16H20ClFN4O2/c1-10-7-15(19-2)22-16(20-10)21-12-9-14(24-6-4-5-17)13(23-3)8-11(12)18/h7-9H,4-6H2,1-3H3,(H2,19,20,21,22). The molecule has 1 heterocycles. The van der Waals surface area contributed by atoms with Gasteiger partial charge in [-0.3, -0.25) is 0 Å². The van der Waals surface area contributed by atoms with Crippen molar-refractivity contribution in [3.63, 3.8) is 0 Å². The summed E-state index contributed by atoms with van der Waals surface area (Å²) in [5, 5.41) is 5.80. The summed E-state index contributed by atoms with van der Waals surface area (Å²) in [5.41, 5.74) is 0.952. The molecule has 8 heteroatoms. The van der Waals surface area contributed by atoms with Crippen LogP contribution in [0.2, 0.25) is 0 Å². The van der Waals surface area contributed by atoms with E-state index in [0.29, 0.717) is 36.2 Å². The lowest BCUT2D eigenvalue weighted by atomic mass is 10.2. The molecule has 0 spiro atoms. The largest absolute Gasteiger partial charge is 0.493 e. The third kappa shape index (κ3) is 4.61. The second-order valence-corrected chi connectivity index (χ2v) is 5.35. The number of hydrogen-bond acceptors (Lipinski definition) is 6. The Balaban J connectivity index is 2.29. The highest BCUT2D eigenvalue weighted by molar-refractivity contribution is 6.17. The van der Waals surface area contributed by atoms with E-state index >= 15 is 0 Å². The van der Waals surface area contributed by atoms with Crippen molar-refractivity contribution in [1.82, 2.24) is 9.97 Å². The zero-order valence-electron chi connectivity index (χ0n) is 13.8. The highest BCUT2D eigenvalue weighted by Gasteiger charge is 2.13. The van der Waals surface area contributed by atoms with Crippen LogP contribution in [0.3, 0.4) is 0 Å². The van der Waals surface area contributed by atoms with Gasteiger partial charge in [-0.2, -0.15) is 4.98 Å². The van der Waals surface area contributed by atoms with E-state index in [2.05, 4.69) is 20.6 Å². The van der Waals surface area contributed by atoms with Gasteiger partial charge in [0.25, 0.3) is 0 Å². The average Bonchev–Trinajstić information content (AvgIpc) is 2.57. The summed E-state index contributed by atoms with van der Waals surface area (Å²) in [6, 6.07) is 4.57. The number of ether oxygens (including phenoxy) is 2. The summed E-state index contributed by atoms with van der Waals surface area (Å²) in [6.45, 7) is 2.24. The van der Waals surface area contributed by atoms with Crippen LogP contribution in [0.4, 0.5) is 21.8 Å². The molecule has 0 bridgehead atoms. The van der Waals surface area contributed by atoms with E-state index in [-0.39, 0.29) is 11.6 Å². The molecule has 2 rings (SSSR count). The topological polar surface area (TPSA) is 68.3 Å². The molecule has 0 aliphatic heterocycles. The number of alkyl halides is 1. The Kier molecular flexibility index (Phi) is 6.43. The summed E-state index contributed by atoms with van der Waals surface area (Å²) >= 11 is 5.64. The van der Waals surface area contributed by atoms with Crippen LogP contribution in [-0.4, -0.2) is 36.6 Å². The number of rotatable bonds is 8. The molecular formula is C16H20ClFN4O2. The fourth-order valence-corrected chi connectivity index (χ4v) is 2.12. The lowest BCUT2D eigenvalue weighted by Gasteiger charge is -2.14. The van der Waals surface area contributed by atoms with E-state index in [9.17, 15) is 4.39 Å². The highest BCUT2D eigenvalue weighted by atomic mass is 35.5. The van der Waals surface area contributed by atoms with Crippen molar-refractivity contribution in [2.45, 2.75) is 13.3 Å². The predicted molar refractivity (Wildman–Crippen MR) is 93.4 cm³/mol. The van der Waals surface area contributed by atoms with Crippen LogP contribution in [0.15, 0.2) is 18.2 Å². The number of aromatic nitrogens is 2. The molecule has 0 radical (unpaired) electrons. The molecule has 24 heavy (non-hydrogen) atoms. The molecule has 0 unspecified atom stereocenters. The van der Waals surface area contributed by atoms with Crippen LogP contribution in [0.1, 0.15) is 12.1 Å². The Morgan fingerprint density at radius 2 is 2.00 bits per heavy atom. The van der Waals surface area contributed by atoms with Crippen molar-refractivity contribution < 1.29 is 13.9 Å². The number of methoxy groups -OCH3 is 1. The first-order valence-electron chi connectivity index (χ1n) is 7.44. The molecular weight excluding hydrogens is 335 g/mol. The summed E-state index contributed by atoms with van der Waals surface area (Å²) < 4.78 is 25.0. The maximum absolute atomic E-state index is 14.3. The number of aryl methyl sites for hydroxylation is 1. The number of halogens is 2. The minimum Gasteiger partial charge on any atom is -0.493 e. The van der Waals surface area contributed by atoms with Gasteiger partial charge in [0.2, 0.25) is 5.95 Å². The van der Waals surface area contributed by atoms with Crippen molar-refractivity contribution >= 4 is 29.1 Å². The smallest absolute Gasteiger partial charge is 0.229 e. The summed E-state index contributed by atoms with van der Waals surface area (Å²) in [6.07, 6.45) is 0.678. The highest BCUT2D eigenvalue weighted by Crippen LogP contribution is 2.33. The molecule has 0 saturated carbocycles. The molecule has 2 aromatic rings. The van der Waals surface area contributed by atoms with Crippen LogP contribution in [0.25, 0.3) is 0 Å². The first-order chi connectivity index (χ1) is 11.6. The van der Waals surface area contributed by atoms with Crippen molar-refractivity contribution in [2.24, 2.45) is 0 Å². The molecule has 130 valence electrons. The number of hydrogen-bond donors (Lipinski definition) is 2. The Bertz CT molecular complexity index is 700. The van der Waals surface area contributed by atoms with Gasteiger partial charge in [-0.1, -0.05) is 0 Å². The van der Waals surface area contributed by atoms with Gasteiger partial charge in [-0.15, -0.1) is 11.6 Å². The molecule has 0 saturated heterocycles. The zero-order chi connectivity index (χ0) is 17.5. The second-order valence-electron chi connectivity index (χ2n) is 4.97. The van der Waals surface area contributed by atoms with Crippen molar-refractivity contribution in [1.29, 1.82) is 0 Å². The van der Waals surface area contributed by atoms with Gasteiger partial charge in [-0.25, -0.2) is 9.37 Å². The molecule has 6 nitrogen and oxygen atoms in total. The van der Waals surface area contributed by atoms with E-state index in [1.165, 1.54) is 19.2 Å². The Labute approximate surface area is 145 Å². The quantitative estimate of drug-likeness (QED) is 0.556. The summed E-state index contributed by atoms with van der Waals surface area (Å²) in [5.74, 6) is 1.65. The lowest BCUT2D eigenvalue weighted by Crippen LogP contribution is -2.05. The van der Waals surface area contributed by atoms with Gasteiger partial charge in [-0.05, 0) is 13.3 Å². The molecule has 0 aliphatic carbocycles. The Morgan fingerprint density at radius 3 is 2.67 bits per heavy atom. The maximum Gasteiger partial charge on any atom is 0.229 e. The van der Waals surface area contributed by atoms with Crippen LogP contribution in [0, 0.1) is 12.7 Å². The van der Waals surface area contributed by atoms with Crippen molar-refractivity contribution in [2.75, 3.05) is 37.3 Å². The lowest BCUT2D eigenvalue weighted by molar-refractivity contribution is 0.294. The van der Waals surface area contributed by atoms with Crippen LogP contribution >= 0.6 is 11.6 Å². The summed E-state index contributed by atoms with van der Waals surface area (Å²) in [4.78, 5) is 8.49. The minimum absolute atomic E-state index is 0.198. The normalized spacial score (nSPS) is 10.4. The van der Waals surface area contributed by atoms with Gasteiger partial charge in [0.15, 0.2) is 17.3 Å². The number of anilines is 3. The fraction of sp³-hybridized carbons (Fsp3) is 0.375. The number of nitrogens with zero attached hydrogens (tertiary/aromatic N) is 2. The van der Waals surface area contributed by atoms with Gasteiger partial charge in [0, 0.05) is 36.8 Å². The number of benzene rings is 1. The van der Waals surface area contributed by atoms with Crippen molar-refractivity contribution in [3.8, 4) is 11.5 Å². The van der Waals surface area contributed by atoms with Crippen LogP contribution in [0.5, 0.6) is 11.5 Å². The van der Waals surface area contributed by atoms with Crippen LogP contribution in [-0.2, 0) is 0 Å². The van der Waals surface area contributed by atoms with E-state index in [1.807, 2.05) is 6.92 Å². The molecule has 0 amide bonds. The first kappa shape index (κ1) is 18.1. The van der Waals surface area contributed by atoms with Gasteiger partial charge < -0.3 is 20.1 Å². The van der Waals surface area contributed by atoms with Gasteiger partial charge in [0.05, 0.1) is 19.4 Å². The molecule has 2 N–H and O–H groups in total. The fourth-order valence-electron chi connectivity index (χ4n) is 2.01. The van der Waals surface area contributed by atoms with E-state index in [4.69, 9.17) is 21.1 Å². The second kappa shape index (κ2) is 8.54. The van der Waals surface area contributed by atoms with Gasteiger partial charge >= 0.3 is 0 Å². The third-order valence-corrected chi connectivity index (χ3v) is 3.41. The summed E-state index contributed by atoms with van der Waals surface area (Å²) in [7, 11) is 3.21. The van der Waals surface area contributed by atoms with E-state index in [1.54, 1.807) is 13.1 Å². The Hall–Kier alpha value is -2.28. The first-order valence-corrected chi connectivity index (χ1v) is 7.97. The number of nitrogens with one attached hydrogen (secondary N) is 2. The molecule has 0 atom stereocenters. The minimum atomic E-state index is -0.493.